The molecule has 1 atom stereocenters. The Balaban J connectivity index is 1.85. The summed E-state index contributed by atoms with van der Waals surface area (Å²) in [7, 11) is 2.69. The number of phenols is 4. The van der Waals surface area contributed by atoms with Crippen LogP contribution in [0.25, 0.3) is 22.3 Å². The van der Waals surface area contributed by atoms with E-state index in [-0.39, 0.29) is 57.3 Å². The quantitative estimate of drug-likeness (QED) is 0.155. The van der Waals surface area contributed by atoms with Gasteiger partial charge in [-0.3, -0.25) is 9.59 Å². The smallest absolute Gasteiger partial charge is 0.312 e. The highest BCUT2D eigenvalue weighted by molar-refractivity contribution is 5.94. The van der Waals surface area contributed by atoms with E-state index >= 15 is 0 Å². The Bertz CT molecular complexity index is 1630. The standard InChI is InChI=1S/C26H20O11/c1-34-17-6-11(7-18(35-2)22(17)31)12-8-19(30)36-16-9-15(29)21-23(32)24(33)25(37-26(21)20(12)16)10-3-4-13(27)14(28)5-10/h3-7,9,12,27-29,31,33H,8H2,1-2H3. The predicted molar refractivity (Wildman–Crippen MR) is 128 cm³/mol. The largest absolute Gasteiger partial charge is 0.507 e. The Kier molecular flexibility index (Phi) is 5.47. The van der Waals surface area contributed by atoms with Crippen molar-refractivity contribution in [2.45, 2.75) is 12.3 Å². The van der Waals surface area contributed by atoms with Crippen LogP contribution < -0.4 is 19.6 Å². The lowest BCUT2D eigenvalue weighted by Gasteiger charge is -2.27. The minimum Gasteiger partial charge on any atom is -0.507 e. The lowest BCUT2D eigenvalue weighted by molar-refractivity contribution is -0.135. The molecule has 5 rings (SSSR count). The summed E-state index contributed by atoms with van der Waals surface area (Å²) in [6.07, 6.45) is -0.204. The van der Waals surface area contributed by atoms with Crippen LogP contribution in [0.5, 0.6) is 46.0 Å². The summed E-state index contributed by atoms with van der Waals surface area (Å²) >= 11 is 0. The maximum absolute atomic E-state index is 13.2. The Morgan fingerprint density at radius 2 is 1.51 bits per heavy atom. The van der Waals surface area contributed by atoms with Gasteiger partial charge in [0.25, 0.3) is 0 Å². The van der Waals surface area contributed by atoms with E-state index in [4.69, 9.17) is 18.6 Å². The third-order valence-electron chi connectivity index (χ3n) is 6.21. The van der Waals surface area contributed by atoms with Crippen LogP contribution >= 0.6 is 0 Å². The highest BCUT2D eigenvalue weighted by Crippen LogP contribution is 2.49. The summed E-state index contributed by atoms with van der Waals surface area (Å²) < 4.78 is 21.8. The molecule has 0 saturated carbocycles. The molecule has 1 unspecified atom stereocenters. The summed E-state index contributed by atoms with van der Waals surface area (Å²) in [6, 6.07) is 7.59. The van der Waals surface area contributed by atoms with E-state index in [0.29, 0.717) is 5.56 Å². The van der Waals surface area contributed by atoms with Crippen molar-refractivity contribution in [2.24, 2.45) is 0 Å². The number of methoxy groups -OCH3 is 2. The van der Waals surface area contributed by atoms with E-state index in [1.54, 1.807) is 0 Å². The number of carbonyl (C=O) groups is 1. The number of carbonyl (C=O) groups excluding carboxylic acids is 1. The van der Waals surface area contributed by atoms with Crippen LogP contribution in [0.2, 0.25) is 0 Å². The minimum absolute atomic E-state index is 0.0567. The van der Waals surface area contributed by atoms with Crippen molar-refractivity contribution in [3.63, 3.8) is 0 Å². The maximum atomic E-state index is 13.2. The number of ether oxygens (including phenoxy) is 3. The van der Waals surface area contributed by atoms with Gasteiger partial charge in [0.1, 0.15) is 22.5 Å². The Morgan fingerprint density at radius 3 is 2.14 bits per heavy atom. The molecule has 190 valence electrons. The van der Waals surface area contributed by atoms with E-state index in [0.717, 1.165) is 18.2 Å². The van der Waals surface area contributed by atoms with Crippen molar-refractivity contribution in [3.05, 3.63) is 57.7 Å². The zero-order chi connectivity index (χ0) is 26.6. The molecule has 2 heterocycles. The Hall–Kier alpha value is -5.06. The first-order chi connectivity index (χ1) is 17.6. The SMILES string of the molecule is COc1cc(C2CC(=O)Oc3cc(O)c4c(=O)c(O)c(-c5ccc(O)c(O)c5)oc4c32)cc(OC)c1O. The van der Waals surface area contributed by atoms with Gasteiger partial charge in [0, 0.05) is 23.1 Å². The molecule has 0 saturated heterocycles. The number of fused-ring (bicyclic) bond motifs is 3. The number of phenolic OH excluding ortho intramolecular Hbond substituents is 4. The molecule has 11 nitrogen and oxygen atoms in total. The van der Waals surface area contributed by atoms with Crippen LogP contribution in [-0.4, -0.2) is 45.7 Å². The monoisotopic (exact) mass is 508 g/mol. The molecule has 0 bridgehead atoms. The maximum Gasteiger partial charge on any atom is 0.312 e. The molecule has 3 aromatic carbocycles. The van der Waals surface area contributed by atoms with Gasteiger partial charge in [-0.1, -0.05) is 0 Å². The lowest BCUT2D eigenvalue weighted by atomic mass is 9.84. The fourth-order valence-electron chi connectivity index (χ4n) is 4.44. The van der Waals surface area contributed by atoms with E-state index in [1.807, 2.05) is 0 Å². The van der Waals surface area contributed by atoms with Crippen LogP contribution in [0.15, 0.2) is 45.6 Å². The molecule has 1 aromatic heterocycles. The van der Waals surface area contributed by atoms with Gasteiger partial charge in [0.05, 0.1) is 20.6 Å². The number of benzene rings is 3. The highest BCUT2D eigenvalue weighted by atomic mass is 16.5. The third-order valence-corrected chi connectivity index (χ3v) is 6.21. The summed E-state index contributed by atoms with van der Waals surface area (Å²) in [5, 5.41) is 50.8. The molecule has 11 heteroatoms. The minimum atomic E-state index is -0.972. The van der Waals surface area contributed by atoms with Crippen molar-refractivity contribution in [1.82, 2.24) is 0 Å². The highest BCUT2D eigenvalue weighted by Gasteiger charge is 2.35. The average Bonchev–Trinajstić information content (AvgIpc) is 2.87. The van der Waals surface area contributed by atoms with Gasteiger partial charge in [-0.2, -0.15) is 0 Å². The molecule has 0 radical (unpaired) electrons. The van der Waals surface area contributed by atoms with Crippen molar-refractivity contribution < 1.29 is 49.0 Å². The number of rotatable bonds is 4. The van der Waals surface area contributed by atoms with E-state index < -0.39 is 40.3 Å². The summed E-state index contributed by atoms with van der Waals surface area (Å²) in [5.74, 6) is -4.37. The van der Waals surface area contributed by atoms with E-state index in [1.165, 1.54) is 32.4 Å². The molecule has 1 aliphatic heterocycles. The van der Waals surface area contributed by atoms with Crippen LogP contribution in [0.1, 0.15) is 23.5 Å². The molecule has 0 spiro atoms. The third kappa shape index (κ3) is 3.68. The zero-order valence-electron chi connectivity index (χ0n) is 19.4. The Morgan fingerprint density at radius 1 is 0.838 bits per heavy atom. The molecule has 0 amide bonds. The first-order valence-corrected chi connectivity index (χ1v) is 10.9. The molecule has 4 aromatic rings. The van der Waals surface area contributed by atoms with Gasteiger partial charge >= 0.3 is 5.97 Å². The van der Waals surface area contributed by atoms with Crippen LogP contribution in [0, 0.1) is 0 Å². The first kappa shape index (κ1) is 23.7. The first-order valence-electron chi connectivity index (χ1n) is 10.9. The molecular formula is C26H20O11. The second-order valence-corrected chi connectivity index (χ2v) is 8.33. The van der Waals surface area contributed by atoms with Gasteiger partial charge in [-0.25, -0.2) is 0 Å². The zero-order valence-corrected chi connectivity index (χ0v) is 19.4. The normalized spacial score (nSPS) is 14.8. The summed E-state index contributed by atoms with van der Waals surface area (Å²) in [4.78, 5) is 25.7. The van der Waals surface area contributed by atoms with Gasteiger partial charge in [-0.05, 0) is 35.9 Å². The number of aromatic hydroxyl groups is 5. The summed E-state index contributed by atoms with van der Waals surface area (Å²) in [5.41, 5.74) is -0.440. The van der Waals surface area contributed by atoms with Gasteiger partial charge in [-0.15, -0.1) is 0 Å². The van der Waals surface area contributed by atoms with E-state index in [2.05, 4.69) is 0 Å². The molecule has 5 N–H and O–H groups in total. The summed E-state index contributed by atoms with van der Waals surface area (Å²) in [6.45, 7) is 0. The molecule has 0 fully saturated rings. The number of hydrogen-bond acceptors (Lipinski definition) is 11. The van der Waals surface area contributed by atoms with Crippen molar-refractivity contribution in [2.75, 3.05) is 14.2 Å². The van der Waals surface area contributed by atoms with Crippen molar-refractivity contribution in [1.29, 1.82) is 0 Å². The topological polar surface area (TPSA) is 176 Å². The van der Waals surface area contributed by atoms with Crippen LogP contribution in [0.3, 0.4) is 0 Å². The fourth-order valence-corrected chi connectivity index (χ4v) is 4.44. The number of esters is 1. The second-order valence-electron chi connectivity index (χ2n) is 8.33. The average molecular weight is 508 g/mol. The van der Waals surface area contributed by atoms with E-state index in [9.17, 15) is 35.1 Å². The molecule has 0 aliphatic carbocycles. The van der Waals surface area contributed by atoms with Gasteiger partial charge < -0.3 is 44.2 Å². The van der Waals surface area contributed by atoms with Gasteiger partial charge in [0.15, 0.2) is 28.8 Å². The molecular weight excluding hydrogens is 488 g/mol. The lowest BCUT2D eigenvalue weighted by Crippen LogP contribution is -2.22. The molecule has 1 aliphatic rings. The van der Waals surface area contributed by atoms with Crippen LogP contribution in [-0.2, 0) is 4.79 Å². The van der Waals surface area contributed by atoms with Crippen molar-refractivity contribution >= 4 is 16.9 Å². The van der Waals surface area contributed by atoms with Crippen molar-refractivity contribution in [3.8, 4) is 57.3 Å². The Labute approximate surface area is 207 Å². The molecule has 37 heavy (non-hydrogen) atoms. The van der Waals surface area contributed by atoms with Gasteiger partial charge in [0.2, 0.25) is 16.9 Å². The second kappa shape index (κ2) is 8.55. The predicted octanol–water partition coefficient (Wildman–Crippen LogP) is 3.45. The number of hydrogen-bond donors (Lipinski definition) is 5. The fraction of sp³-hybridized carbons (Fsp3) is 0.154. The van der Waals surface area contributed by atoms with Crippen LogP contribution in [0.4, 0.5) is 0 Å².